The Bertz CT molecular complexity index is 383. The van der Waals surface area contributed by atoms with Gasteiger partial charge < -0.3 is 9.64 Å². The fourth-order valence-corrected chi connectivity index (χ4v) is 2.88. The molecule has 0 fully saturated rings. The van der Waals surface area contributed by atoms with Gasteiger partial charge in [-0.3, -0.25) is 0 Å². The van der Waals surface area contributed by atoms with Crippen LogP contribution in [-0.2, 0) is 6.42 Å². The predicted molar refractivity (Wildman–Crippen MR) is 91.0 cm³/mol. The minimum atomic E-state index is 0.505. The first-order valence-electron chi connectivity index (χ1n) is 7.55. The van der Waals surface area contributed by atoms with Crippen molar-refractivity contribution in [1.82, 2.24) is 4.90 Å². The Morgan fingerprint density at radius 3 is 2.60 bits per heavy atom. The van der Waals surface area contributed by atoms with Gasteiger partial charge in [0.25, 0.3) is 0 Å². The first kappa shape index (κ1) is 17.4. The smallest absolute Gasteiger partial charge is 0.122 e. The number of rotatable bonds is 9. The van der Waals surface area contributed by atoms with Gasteiger partial charge in [0.05, 0.1) is 7.11 Å². The highest BCUT2D eigenvalue weighted by atomic mass is 32.1. The average molecular weight is 295 g/mol. The van der Waals surface area contributed by atoms with Crippen LogP contribution < -0.4 is 4.74 Å². The maximum absolute atomic E-state index is 5.44. The van der Waals surface area contributed by atoms with Crippen LogP contribution in [0.4, 0.5) is 0 Å². The minimum absolute atomic E-state index is 0.505. The first-order chi connectivity index (χ1) is 9.62. The van der Waals surface area contributed by atoms with Gasteiger partial charge in [-0.05, 0) is 50.1 Å². The van der Waals surface area contributed by atoms with Crippen LogP contribution in [0.1, 0.15) is 32.3 Å². The van der Waals surface area contributed by atoms with Crippen LogP contribution in [0.15, 0.2) is 24.3 Å². The molecule has 0 aromatic heterocycles. The number of para-hydroxylation sites is 1. The van der Waals surface area contributed by atoms with Crippen LogP contribution in [0.5, 0.6) is 5.75 Å². The van der Waals surface area contributed by atoms with E-state index in [2.05, 4.69) is 50.6 Å². The number of thiol groups is 1. The van der Waals surface area contributed by atoms with Crippen LogP contribution in [-0.4, -0.2) is 37.4 Å². The molecular formula is C17H29NOS. The molecule has 114 valence electrons. The maximum Gasteiger partial charge on any atom is 0.122 e. The molecule has 0 aliphatic heterocycles. The summed E-state index contributed by atoms with van der Waals surface area (Å²) in [7, 11) is 3.96. The van der Waals surface area contributed by atoms with Gasteiger partial charge in [0.2, 0.25) is 0 Å². The lowest BCUT2D eigenvalue weighted by atomic mass is 10.0. The summed E-state index contributed by atoms with van der Waals surface area (Å²) in [4.78, 5) is 2.45. The molecule has 0 saturated heterocycles. The number of methoxy groups -OCH3 is 1. The topological polar surface area (TPSA) is 12.5 Å². The van der Waals surface area contributed by atoms with Crippen LogP contribution in [0, 0.1) is 5.92 Å². The fraction of sp³-hybridized carbons (Fsp3) is 0.647. The summed E-state index contributed by atoms with van der Waals surface area (Å²) in [6.45, 7) is 5.65. The van der Waals surface area contributed by atoms with Gasteiger partial charge in [0.15, 0.2) is 0 Å². The Balaban J connectivity index is 2.58. The summed E-state index contributed by atoms with van der Waals surface area (Å²) < 4.78 is 5.44. The van der Waals surface area contributed by atoms with E-state index in [1.807, 2.05) is 12.1 Å². The van der Waals surface area contributed by atoms with Crippen molar-refractivity contribution in [3.63, 3.8) is 0 Å². The molecule has 0 heterocycles. The minimum Gasteiger partial charge on any atom is -0.496 e. The summed E-state index contributed by atoms with van der Waals surface area (Å²) in [6.07, 6.45) is 3.51. The number of likely N-dealkylation sites (N-methyl/N-ethyl adjacent to an activating group) is 1. The van der Waals surface area contributed by atoms with E-state index < -0.39 is 0 Å². The zero-order valence-corrected chi connectivity index (χ0v) is 14.2. The molecule has 0 bridgehead atoms. The van der Waals surface area contributed by atoms with Gasteiger partial charge in [0, 0.05) is 12.6 Å². The van der Waals surface area contributed by atoms with E-state index in [1.54, 1.807) is 7.11 Å². The Kier molecular flexibility index (Phi) is 8.08. The number of ether oxygens (including phenoxy) is 1. The van der Waals surface area contributed by atoms with Crippen molar-refractivity contribution in [2.45, 2.75) is 39.2 Å². The van der Waals surface area contributed by atoms with Crippen LogP contribution in [0.3, 0.4) is 0 Å². The third kappa shape index (κ3) is 5.37. The molecule has 0 aliphatic carbocycles. The van der Waals surface area contributed by atoms with Crippen molar-refractivity contribution < 1.29 is 4.74 Å². The van der Waals surface area contributed by atoms with E-state index in [4.69, 9.17) is 4.74 Å². The van der Waals surface area contributed by atoms with Crippen molar-refractivity contribution in [2.24, 2.45) is 5.92 Å². The Morgan fingerprint density at radius 2 is 2.00 bits per heavy atom. The van der Waals surface area contributed by atoms with E-state index in [-0.39, 0.29) is 0 Å². The summed E-state index contributed by atoms with van der Waals surface area (Å²) in [5, 5.41) is 0. The van der Waals surface area contributed by atoms with E-state index >= 15 is 0 Å². The summed E-state index contributed by atoms with van der Waals surface area (Å²) in [6, 6.07) is 8.80. The van der Waals surface area contributed by atoms with Crippen molar-refractivity contribution in [1.29, 1.82) is 0 Å². The quantitative estimate of drug-likeness (QED) is 0.694. The van der Waals surface area contributed by atoms with Gasteiger partial charge in [0.1, 0.15) is 5.75 Å². The fourth-order valence-electron chi connectivity index (χ4n) is 2.58. The standard InChI is InChI=1S/C17H29NOS/c1-5-8-15(13-20)12-18(3)14(2)11-16-9-6-7-10-17(16)19-4/h6-7,9-10,14-15,20H,5,8,11-13H2,1-4H3. The molecule has 2 atom stereocenters. The molecule has 0 saturated carbocycles. The Hall–Kier alpha value is -0.670. The normalized spacial score (nSPS) is 14.3. The number of benzene rings is 1. The summed E-state index contributed by atoms with van der Waals surface area (Å²) in [5.41, 5.74) is 1.28. The number of hydrogen-bond donors (Lipinski definition) is 1. The number of nitrogens with zero attached hydrogens (tertiary/aromatic N) is 1. The first-order valence-corrected chi connectivity index (χ1v) is 8.18. The summed E-state index contributed by atoms with van der Waals surface area (Å²) in [5.74, 6) is 2.65. The van der Waals surface area contributed by atoms with Gasteiger partial charge in [-0.1, -0.05) is 31.5 Å². The predicted octanol–water partition coefficient (Wildman–Crippen LogP) is 3.90. The average Bonchev–Trinajstić information content (AvgIpc) is 2.47. The van der Waals surface area contributed by atoms with Crippen LogP contribution in [0.25, 0.3) is 0 Å². The highest BCUT2D eigenvalue weighted by Crippen LogP contribution is 2.21. The number of hydrogen-bond acceptors (Lipinski definition) is 3. The lowest BCUT2D eigenvalue weighted by Crippen LogP contribution is -2.35. The zero-order valence-electron chi connectivity index (χ0n) is 13.3. The van der Waals surface area contributed by atoms with Gasteiger partial charge >= 0.3 is 0 Å². The molecule has 0 spiro atoms. The van der Waals surface area contributed by atoms with Gasteiger partial charge in [-0.15, -0.1) is 0 Å². The SMILES string of the molecule is CCCC(CS)CN(C)C(C)Cc1ccccc1OC. The largest absolute Gasteiger partial charge is 0.496 e. The molecule has 0 radical (unpaired) electrons. The summed E-state index contributed by atoms with van der Waals surface area (Å²) >= 11 is 4.48. The van der Waals surface area contributed by atoms with Crippen molar-refractivity contribution in [2.75, 3.05) is 26.5 Å². The van der Waals surface area contributed by atoms with Gasteiger partial charge in [-0.2, -0.15) is 12.6 Å². The second-order valence-electron chi connectivity index (χ2n) is 5.64. The zero-order chi connectivity index (χ0) is 15.0. The second-order valence-corrected chi connectivity index (χ2v) is 6.01. The molecule has 3 heteroatoms. The lowest BCUT2D eigenvalue weighted by molar-refractivity contribution is 0.218. The van der Waals surface area contributed by atoms with E-state index in [9.17, 15) is 0 Å². The van der Waals surface area contributed by atoms with E-state index in [0.717, 1.165) is 24.5 Å². The molecular weight excluding hydrogens is 266 g/mol. The lowest BCUT2D eigenvalue weighted by Gasteiger charge is -2.29. The van der Waals surface area contributed by atoms with E-state index in [0.29, 0.717) is 12.0 Å². The molecule has 1 aromatic carbocycles. The molecule has 1 rings (SSSR count). The molecule has 1 aromatic rings. The highest BCUT2D eigenvalue weighted by Gasteiger charge is 2.16. The van der Waals surface area contributed by atoms with Crippen LogP contribution >= 0.6 is 12.6 Å². The van der Waals surface area contributed by atoms with E-state index in [1.165, 1.54) is 18.4 Å². The molecule has 0 amide bonds. The third-order valence-electron chi connectivity index (χ3n) is 3.96. The second kappa shape index (κ2) is 9.30. The molecule has 2 nitrogen and oxygen atoms in total. The molecule has 20 heavy (non-hydrogen) atoms. The van der Waals surface area contributed by atoms with Gasteiger partial charge in [-0.25, -0.2) is 0 Å². The molecule has 0 aliphatic rings. The van der Waals surface area contributed by atoms with Crippen molar-refractivity contribution in [3.05, 3.63) is 29.8 Å². The Morgan fingerprint density at radius 1 is 1.30 bits per heavy atom. The van der Waals surface area contributed by atoms with Crippen molar-refractivity contribution >= 4 is 12.6 Å². The monoisotopic (exact) mass is 295 g/mol. The van der Waals surface area contributed by atoms with Crippen LogP contribution in [0.2, 0.25) is 0 Å². The molecule has 2 unspecified atom stereocenters. The maximum atomic E-state index is 5.44. The van der Waals surface area contributed by atoms with Crippen molar-refractivity contribution in [3.8, 4) is 5.75 Å². The molecule has 0 N–H and O–H groups in total. The third-order valence-corrected chi connectivity index (χ3v) is 4.48. The highest BCUT2D eigenvalue weighted by molar-refractivity contribution is 7.80. The Labute approximate surface area is 129 Å².